The average molecular weight is 280 g/mol. The average Bonchev–Trinajstić information content (AvgIpc) is 2.76. The van der Waals surface area contributed by atoms with Gasteiger partial charge < -0.3 is 14.9 Å². The lowest BCUT2D eigenvalue weighted by Gasteiger charge is -2.17. The van der Waals surface area contributed by atoms with Crippen molar-refractivity contribution in [1.82, 2.24) is 9.80 Å². The molecule has 0 bridgehead atoms. The molecule has 19 heavy (non-hydrogen) atoms. The van der Waals surface area contributed by atoms with Gasteiger partial charge in [0.1, 0.15) is 0 Å². The van der Waals surface area contributed by atoms with Crippen LogP contribution in [-0.2, 0) is 6.54 Å². The van der Waals surface area contributed by atoms with E-state index in [1.807, 2.05) is 0 Å². The van der Waals surface area contributed by atoms with E-state index in [2.05, 4.69) is 54.9 Å². The van der Waals surface area contributed by atoms with Crippen LogP contribution in [0.25, 0.3) is 0 Å². The summed E-state index contributed by atoms with van der Waals surface area (Å²) in [4.78, 5) is 7.00. The van der Waals surface area contributed by atoms with E-state index in [1.165, 1.54) is 11.3 Å². The highest BCUT2D eigenvalue weighted by molar-refractivity contribution is 7.12. The van der Waals surface area contributed by atoms with Gasteiger partial charge in [-0.05, 0) is 52.8 Å². The Kier molecular flexibility index (Phi) is 7.76. The van der Waals surface area contributed by atoms with Crippen molar-refractivity contribution in [2.45, 2.75) is 19.4 Å². The van der Waals surface area contributed by atoms with Crippen molar-refractivity contribution in [1.29, 1.82) is 0 Å². The number of thiophene rings is 1. The summed E-state index contributed by atoms with van der Waals surface area (Å²) in [6, 6.07) is 4.22. The van der Waals surface area contributed by atoms with Crippen LogP contribution in [0.4, 0.5) is 0 Å². The van der Waals surface area contributed by atoms with E-state index in [-0.39, 0.29) is 6.61 Å². The van der Waals surface area contributed by atoms with Crippen LogP contribution in [0, 0.1) is 11.8 Å². The normalized spacial score (nSPS) is 10.8. The molecule has 0 spiro atoms. The molecule has 1 aromatic rings. The fraction of sp³-hybridized carbons (Fsp3) is 0.600. The Balaban J connectivity index is 2.35. The SMILES string of the molecule is CN(C)CCCN(C)Cc1ccc(C#CCCO)s1. The van der Waals surface area contributed by atoms with Gasteiger partial charge >= 0.3 is 0 Å². The molecule has 1 aromatic heterocycles. The Morgan fingerprint density at radius 2 is 2.00 bits per heavy atom. The molecule has 0 radical (unpaired) electrons. The van der Waals surface area contributed by atoms with Crippen LogP contribution in [0.5, 0.6) is 0 Å². The summed E-state index contributed by atoms with van der Waals surface area (Å²) in [6.07, 6.45) is 1.75. The third kappa shape index (κ3) is 7.34. The Hall–Kier alpha value is -0.860. The second kappa shape index (κ2) is 9.11. The molecule has 0 amide bonds. The Bertz CT molecular complexity index is 417. The van der Waals surface area contributed by atoms with Crippen molar-refractivity contribution in [3.63, 3.8) is 0 Å². The minimum Gasteiger partial charge on any atom is -0.395 e. The van der Waals surface area contributed by atoms with E-state index in [9.17, 15) is 0 Å². The number of aliphatic hydroxyl groups excluding tert-OH is 1. The zero-order valence-corrected chi connectivity index (χ0v) is 13.0. The van der Waals surface area contributed by atoms with Crippen molar-refractivity contribution < 1.29 is 5.11 Å². The van der Waals surface area contributed by atoms with Gasteiger partial charge in [-0.25, -0.2) is 0 Å². The van der Waals surface area contributed by atoms with Crippen molar-refractivity contribution in [3.8, 4) is 11.8 Å². The second-order valence-corrected chi connectivity index (χ2v) is 6.10. The van der Waals surface area contributed by atoms with Crippen molar-refractivity contribution in [3.05, 3.63) is 21.9 Å². The fourth-order valence-corrected chi connectivity index (χ4v) is 2.70. The van der Waals surface area contributed by atoms with Gasteiger partial charge in [-0.3, -0.25) is 0 Å². The molecule has 0 aromatic carbocycles. The van der Waals surface area contributed by atoms with Gasteiger partial charge in [-0.1, -0.05) is 11.8 Å². The van der Waals surface area contributed by atoms with Gasteiger partial charge in [0.2, 0.25) is 0 Å². The van der Waals surface area contributed by atoms with Gasteiger partial charge in [0.05, 0.1) is 11.5 Å². The maximum absolute atomic E-state index is 8.68. The summed E-state index contributed by atoms with van der Waals surface area (Å²) >= 11 is 1.74. The second-order valence-electron chi connectivity index (χ2n) is 4.94. The molecule has 0 fully saturated rings. The van der Waals surface area contributed by atoms with E-state index in [0.717, 1.165) is 24.5 Å². The van der Waals surface area contributed by atoms with Crippen LogP contribution in [0.1, 0.15) is 22.6 Å². The Morgan fingerprint density at radius 3 is 2.68 bits per heavy atom. The van der Waals surface area contributed by atoms with Crippen LogP contribution in [0.3, 0.4) is 0 Å². The summed E-state index contributed by atoms with van der Waals surface area (Å²) in [5, 5.41) is 8.68. The predicted molar refractivity (Wildman–Crippen MR) is 82.4 cm³/mol. The molecular formula is C15H24N2OS. The number of rotatable bonds is 7. The van der Waals surface area contributed by atoms with E-state index >= 15 is 0 Å². The molecule has 3 nitrogen and oxygen atoms in total. The first-order chi connectivity index (χ1) is 9.11. The number of hydrogen-bond donors (Lipinski definition) is 1. The molecular weight excluding hydrogens is 256 g/mol. The first-order valence-electron chi connectivity index (χ1n) is 6.63. The smallest absolute Gasteiger partial charge is 0.0771 e. The van der Waals surface area contributed by atoms with Crippen LogP contribution < -0.4 is 0 Å². The summed E-state index contributed by atoms with van der Waals surface area (Å²) in [7, 11) is 6.37. The first-order valence-corrected chi connectivity index (χ1v) is 7.45. The van der Waals surface area contributed by atoms with E-state index in [0.29, 0.717) is 6.42 Å². The van der Waals surface area contributed by atoms with Crippen molar-refractivity contribution >= 4 is 11.3 Å². The van der Waals surface area contributed by atoms with E-state index in [1.54, 1.807) is 11.3 Å². The predicted octanol–water partition coefficient (Wildman–Crippen LogP) is 1.87. The van der Waals surface area contributed by atoms with Crippen LogP contribution in [0.15, 0.2) is 12.1 Å². The highest BCUT2D eigenvalue weighted by atomic mass is 32.1. The Labute approximate surface area is 120 Å². The molecule has 0 atom stereocenters. The molecule has 106 valence electrons. The molecule has 0 saturated heterocycles. The largest absolute Gasteiger partial charge is 0.395 e. The highest BCUT2D eigenvalue weighted by Gasteiger charge is 2.03. The summed E-state index contributed by atoms with van der Waals surface area (Å²) < 4.78 is 0. The van der Waals surface area contributed by atoms with Crippen LogP contribution >= 0.6 is 11.3 Å². The summed E-state index contributed by atoms with van der Waals surface area (Å²) in [6.45, 7) is 3.37. The maximum atomic E-state index is 8.68. The van der Waals surface area contributed by atoms with Crippen molar-refractivity contribution in [2.24, 2.45) is 0 Å². The molecule has 1 rings (SSSR count). The molecule has 0 aliphatic carbocycles. The van der Waals surface area contributed by atoms with Crippen LogP contribution in [-0.4, -0.2) is 55.7 Å². The van der Waals surface area contributed by atoms with Gasteiger partial charge in [-0.2, -0.15) is 0 Å². The minimum atomic E-state index is 0.139. The molecule has 1 heterocycles. The zero-order valence-electron chi connectivity index (χ0n) is 12.1. The third-order valence-electron chi connectivity index (χ3n) is 2.68. The Morgan fingerprint density at radius 1 is 1.21 bits per heavy atom. The van der Waals surface area contributed by atoms with E-state index < -0.39 is 0 Å². The topological polar surface area (TPSA) is 26.7 Å². The lowest BCUT2D eigenvalue weighted by Crippen LogP contribution is -2.23. The maximum Gasteiger partial charge on any atom is 0.0771 e. The molecule has 1 N–H and O–H groups in total. The standard InChI is InChI=1S/C15H24N2OS/c1-16(2)10-6-11-17(3)13-15-9-8-14(19-15)7-4-5-12-18/h8-9,18H,5-6,10-13H2,1-3H3. The summed E-state index contributed by atoms with van der Waals surface area (Å²) in [5.74, 6) is 6.04. The van der Waals surface area contributed by atoms with E-state index in [4.69, 9.17) is 5.11 Å². The summed E-state index contributed by atoms with van der Waals surface area (Å²) in [5.41, 5.74) is 0. The van der Waals surface area contributed by atoms with Gasteiger partial charge in [-0.15, -0.1) is 11.3 Å². The number of nitrogens with zero attached hydrogens (tertiary/aromatic N) is 2. The number of aliphatic hydroxyl groups is 1. The van der Waals surface area contributed by atoms with Crippen molar-refractivity contribution in [2.75, 3.05) is 40.8 Å². The molecule has 0 aliphatic heterocycles. The fourth-order valence-electron chi connectivity index (χ4n) is 1.74. The van der Waals surface area contributed by atoms with Gasteiger partial charge in [0.25, 0.3) is 0 Å². The van der Waals surface area contributed by atoms with Gasteiger partial charge in [0.15, 0.2) is 0 Å². The van der Waals surface area contributed by atoms with Gasteiger partial charge in [0, 0.05) is 17.8 Å². The zero-order chi connectivity index (χ0) is 14.1. The molecule has 0 unspecified atom stereocenters. The lowest BCUT2D eigenvalue weighted by atomic mass is 10.3. The quantitative estimate of drug-likeness (QED) is 0.772. The minimum absolute atomic E-state index is 0.139. The number of hydrogen-bond acceptors (Lipinski definition) is 4. The third-order valence-corrected chi connectivity index (χ3v) is 3.67. The van der Waals surface area contributed by atoms with Crippen LogP contribution in [0.2, 0.25) is 0 Å². The molecule has 0 aliphatic rings. The highest BCUT2D eigenvalue weighted by Crippen LogP contribution is 2.17. The monoisotopic (exact) mass is 280 g/mol. The molecule has 4 heteroatoms. The molecule has 0 saturated carbocycles. The first kappa shape index (κ1) is 16.2. The lowest BCUT2D eigenvalue weighted by molar-refractivity contribution is 0.296.